The molecule has 7 aliphatic rings. The Balaban J connectivity index is 1.57. The van der Waals surface area contributed by atoms with Crippen molar-refractivity contribution in [2.24, 2.45) is 0 Å². The Morgan fingerprint density at radius 3 is 0.875 bits per heavy atom. The Kier molecular flexibility index (Phi) is 6.68. The van der Waals surface area contributed by atoms with Gasteiger partial charge in [0.15, 0.2) is 0 Å². The van der Waals surface area contributed by atoms with E-state index >= 15 is 0 Å². The molecule has 48 heavy (non-hydrogen) atoms. The molecule has 7 fully saturated rings. The van der Waals surface area contributed by atoms with Gasteiger partial charge in [-0.2, -0.15) is 0 Å². The zero-order valence-electron chi connectivity index (χ0n) is 26.4. The van der Waals surface area contributed by atoms with Gasteiger partial charge in [0.05, 0.1) is 26.4 Å². The fraction of sp³-hybridized carbons (Fsp3) is 0.692. The molecule has 260 valence electrons. The summed E-state index contributed by atoms with van der Waals surface area (Å²) in [6, 6.07) is -4.42. The molecule has 0 aromatic rings. The number of nitrogens with zero attached hydrogens (tertiary/aromatic N) is 8. The van der Waals surface area contributed by atoms with Crippen LogP contribution in [0.3, 0.4) is 0 Å². The predicted octanol–water partition coefficient (Wildman–Crippen LogP) is -2.21. The number of hydrogen-bond acceptors (Lipinski definition) is 14. The maximum Gasteiger partial charge on any atom is 0.359 e. The Hall–Kier alpha value is -5.12. The minimum absolute atomic E-state index is 0.239. The summed E-state index contributed by atoms with van der Waals surface area (Å²) >= 11 is 0. The first-order valence-electron chi connectivity index (χ1n) is 15.2. The normalized spacial score (nSPS) is 32.8. The van der Waals surface area contributed by atoms with Crippen LogP contribution in [-0.4, -0.2) is 177 Å². The zero-order chi connectivity index (χ0) is 34.6. The van der Waals surface area contributed by atoms with E-state index in [2.05, 4.69) is 0 Å². The molecule has 22 nitrogen and oxygen atoms in total. The molecular weight excluding hydrogens is 648 g/mol. The SMILES string of the molecule is CCOC(=O)[C@]12N3COCN1C(=O)N1CN4C(=O)N5COCN6C(=O)N(CN(C3=O)[C@]12C(=O)OCC)[C@]4(C(=O)OCC)[C@@]56C(=O)OCC. The maximum atomic E-state index is 14.5. The van der Waals surface area contributed by atoms with E-state index in [1.165, 1.54) is 27.7 Å². The van der Waals surface area contributed by atoms with Gasteiger partial charge in [0.2, 0.25) is 0 Å². The largest absolute Gasteiger partial charge is 0.463 e. The highest BCUT2D eigenvalue weighted by molar-refractivity contribution is 6.12. The smallest absolute Gasteiger partial charge is 0.359 e. The van der Waals surface area contributed by atoms with Gasteiger partial charge in [0.25, 0.3) is 22.7 Å². The minimum atomic E-state index is -2.76. The molecule has 8 amide bonds. The maximum absolute atomic E-state index is 14.5. The molecule has 0 radical (unpaired) electrons. The lowest BCUT2D eigenvalue weighted by Gasteiger charge is -2.51. The second-order valence-corrected chi connectivity index (χ2v) is 11.3. The molecule has 0 N–H and O–H groups in total. The molecule has 0 spiro atoms. The van der Waals surface area contributed by atoms with Crippen LogP contribution >= 0.6 is 0 Å². The van der Waals surface area contributed by atoms with Crippen LogP contribution in [0.5, 0.6) is 0 Å². The van der Waals surface area contributed by atoms with Crippen molar-refractivity contribution < 1.29 is 66.8 Å². The van der Waals surface area contributed by atoms with Gasteiger partial charge < -0.3 is 28.4 Å². The first-order valence-corrected chi connectivity index (χ1v) is 15.2. The van der Waals surface area contributed by atoms with Gasteiger partial charge in [-0.25, -0.2) is 38.4 Å². The summed E-state index contributed by atoms with van der Waals surface area (Å²) in [6.45, 7) is 0.188. The van der Waals surface area contributed by atoms with Crippen LogP contribution in [0.2, 0.25) is 0 Å². The van der Waals surface area contributed by atoms with Crippen molar-refractivity contribution >= 4 is 48.0 Å². The lowest BCUT2D eigenvalue weighted by molar-refractivity contribution is -0.226. The third-order valence-corrected chi connectivity index (χ3v) is 9.63. The van der Waals surface area contributed by atoms with Crippen LogP contribution < -0.4 is 0 Å². The molecule has 7 aliphatic heterocycles. The van der Waals surface area contributed by atoms with Gasteiger partial charge in [-0.15, -0.1) is 0 Å². The van der Waals surface area contributed by atoms with E-state index in [9.17, 15) is 38.4 Å². The van der Waals surface area contributed by atoms with Gasteiger partial charge in [-0.05, 0) is 27.7 Å². The van der Waals surface area contributed by atoms with E-state index in [0.29, 0.717) is 0 Å². The van der Waals surface area contributed by atoms with Crippen LogP contribution in [0.15, 0.2) is 0 Å². The lowest BCUT2D eigenvalue weighted by Crippen LogP contribution is -2.82. The summed E-state index contributed by atoms with van der Waals surface area (Å²) in [4.78, 5) is 122. The van der Waals surface area contributed by atoms with Crippen LogP contribution in [0.25, 0.3) is 0 Å². The monoisotopic (exact) mass is 680 g/mol. The number of esters is 4. The van der Waals surface area contributed by atoms with E-state index in [1.54, 1.807) is 0 Å². The number of carbonyl (C=O) groups excluding carboxylic acids is 8. The van der Waals surface area contributed by atoms with E-state index in [0.717, 1.165) is 39.2 Å². The number of ether oxygens (including phenoxy) is 6. The van der Waals surface area contributed by atoms with Crippen molar-refractivity contribution in [1.29, 1.82) is 0 Å². The molecule has 0 aromatic heterocycles. The standard InChI is InChI=1S/C26H32N8O14/c1-5-45-15(35)23-25(17(37)47-7-3)31-11-43-12-32(25)20(40)28(23)10-30-22(42)34-14-44-13-33-21(41)29(9-27(23)19(31)39)24(30,16(36)46-6-2)26(33,34)18(38)48-8-4/h5-14H2,1-4H3/t23-,24+,25+,26-. The third kappa shape index (κ3) is 2.93. The quantitative estimate of drug-likeness (QED) is 0.196. The summed E-state index contributed by atoms with van der Waals surface area (Å²) in [5.41, 5.74) is -10.7. The Labute approximate surface area is 271 Å². The second kappa shape index (κ2) is 10.2. The third-order valence-electron chi connectivity index (χ3n) is 9.63. The van der Waals surface area contributed by atoms with Gasteiger partial charge in [0.1, 0.15) is 40.3 Å². The van der Waals surface area contributed by atoms with E-state index < -0.39 is 111 Å². The molecule has 22 heteroatoms. The molecule has 7 saturated heterocycles. The van der Waals surface area contributed by atoms with Crippen LogP contribution in [0, 0.1) is 0 Å². The number of urea groups is 4. The first kappa shape index (κ1) is 31.5. The van der Waals surface area contributed by atoms with E-state index in [4.69, 9.17) is 28.4 Å². The van der Waals surface area contributed by atoms with Crippen LogP contribution in [-0.2, 0) is 47.6 Å². The molecule has 0 aliphatic carbocycles. The van der Waals surface area contributed by atoms with Gasteiger partial charge in [-0.1, -0.05) is 0 Å². The highest BCUT2D eigenvalue weighted by Crippen LogP contribution is 2.60. The summed E-state index contributed by atoms with van der Waals surface area (Å²) in [6.07, 6.45) is 0. The predicted molar refractivity (Wildman–Crippen MR) is 145 cm³/mol. The second-order valence-electron chi connectivity index (χ2n) is 11.3. The van der Waals surface area contributed by atoms with E-state index in [-0.39, 0.29) is 26.4 Å². The lowest BCUT2D eigenvalue weighted by atomic mass is 9.88. The average molecular weight is 681 g/mol. The van der Waals surface area contributed by atoms with Crippen molar-refractivity contribution in [3.05, 3.63) is 0 Å². The van der Waals surface area contributed by atoms with Gasteiger partial charge in [0, 0.05) is 0 Å². The molecule has 0 saturated carbocycles. The molecule has 0 aromatic carbocycles. The number of amides is 8. The van der Waals surface area contributed by atoms with E-state index in [1.807, 2.05) is 0 Å². The van der Waals surface area contributed by atoms with Crippen molar-refractivity contribution in [2.45, 2.75) is 50.3 Å². The topological polar surface area (TPSA) is 218 Å². The number of carbonyl (C=O) groups is 8. The summed E-state index contributed by atoms with van der Waals surface area (Å²) in [7, 11) is 0. The fourth-order valence-electron chi connectivity index (χ4n) is 8.13. The van der Waals surface area contributed by atoms with Gasteiger partial charge in [-0.3, -0.25) is 39.2 Å². The van der Waals surface area contributed by atoms with Crippen molar-refractivity contribution in [3.63, 3.8) is 0 Å². The van der Waals surface area contributed by atoms with Crippen molar-refractivity contribution in [1.82, 2.24) is 39.2 Å². The summed E-state index contributed by atoms with van der Waals surface area (Å²) < 4.78 is 32.7. The average Bonchev–Trinajstić information content (AvgIpc) is 3.61. The molecule has 7 heterocycles. The molecule has 0 bridgehead atoms. The highest BCUT2D eigenvalue weighted by Gasteiger charge is 2.93. The van der Waals surface area contributed by atoms with Crippen LogP contribution in [0.4, 0.5) is 19.2 Å². The Morgan fingerprint density at radius 1 is 0.458 bits per heavy atom. The summed E-state index contributed by atoms with van der Waals surface area (Å²) in [5, 5.41) is 0. The number of rotatable bonds is 8. The summed E-state index contributed by atoms with van der Waals surface area (Å²) in [5.74, 6) is -4.97. The zero-order valence-corrected chi connectivity index (χ0v) is 26.4. The fourth-order valence-corrected chi connectivity index (χ4v) is 8.13. The Morgan fingerprint density at radius 2 is 0.667 bits per heavy atom. The first-order chi connectivity index (χ1) is 23.0. The molecule has 0 atom stereocenters. The highest BCUT2D eigenvalue weighted by atomic mass is 16.6. The molecule has 7 rings (SSSR count). The Bertz CT molecular complexity index is 1380. The molecular formula is C26H32N8O14. The number of hydrogen-bond donors (Lipinski definition) is 0. The van der Waals surface area contributed by atoms with Gasteiger partial charge >= 0.3 is 48.0 Å². The van der Waals surface area contributed by atoms with Crippen LogP contribution in [0.1, 0.15) is 27.7 Å². The van der Waals surface area contributed by atoms with Crippen molar-refractivity contribution in [2.75, 3.05) is 66.7 Å². The minimum Gasteiger partial charge on any atom is -0.463 e. The molecule has 0 unspecified atom stereocenters. The van der Waals surface area contributed by atoms with Crippen molar-refractivity contribution in [3.8, 4) is 0 Å².